The number of hydrogen-bond donors (Lipinski definition) is 1. The molecule has 1 aromatic heterocycles. The molecule has 2 rings (SSSR count). The topological polar surface area (TPSA) is 62.5 Å². The SMILES string of the molecule is Cn1c(C(=O)N(CCO)CCc2ccccc2)cccc1=O. The highest BCUT2D eigenvalue weighted by molar-refractivity contribution is 5.92. The van der Waals surface area contributed by atoms with Gasteiger partial charge in [0.15, 0.2) is 0 Å². The lowest BCUT2D eigenvalue weighted by Crippen LogP contribution is -2.38. The van der Waals surface area contributed by atoms with Crippen LogP contribution < -0.4 is 5.56 Å². The molecule has 0 aliphatic heterocycles. The summed E-state index contributed by atoms with van der Waals surface area (Å²) in [5, 5.41) is 9.19. The van der Waals surface area contributed by atoms with E-state index in [1.807, 2.05) is 30.3 Å². The van der Waals surface area contributed by atoms with E-state index in [4.69, 9.17) is 0 Å². The van der Waals surface area contributed by atoms with Gasteiger partial charge in [-0.25, -0.2) is 0 Å². The number of amides is 1. The third-order valence-electron chi connectivity index (χ3n) is 3.57. The minimum absolute atomic E-state index is 0.110. The van der Waals surface area contributed by atoms with Gasteiger partial charge in [-0.2, -0.15) is 0 Å². The number of rotatable bonds is 6. The van der Waals surface area contributed by atoms with Crippen LogP contribution in [0.5, 0.6) is 0 Å². The first-order chi connectivity index (χ1) is 10.6. The van der Waals surface area contributed by atoms with Gasteiger partial charge < -0.3 is 14.6 Å². The van der Waals surface area contributed by atoms with Gasteiger partial charge in [-0.05, 0) is 18.1 Å². The molecule has 0 aliphatic rings. The number of aliphatic hydroxyl groups is 1. The Morgan fingerprint density at radius 2 is 1.82 bits per heavy atom. The van der Waals surface area contributed by atoms with Crippen LogP contribution in [-0.4, -0.2) is 40.2 Å². The van der Waals surface area contributed by atoms with Gasteiger partial charge in [0.2, 0.25) is 0 Å². The summed E-state index contributed by atoms with van der Waals surface area (Å²) < 4.78 is 1.33. The number of hydrogen-bond acceptors (Lipinski definition) is 3. The Balaban J connectivity index is 2.14. The molecule has 1 heterocycles. The van der Waals surface area contributed by atoms with Crippen molar-refractivity contribution in [3.8, 4) is 0 Å². The molecule has 1 aromatic carbocycles. The van der Waals surface area contributed by atoms with E-state index in [2.05, 4.69) is 0 Å². The average Bonchev–Trinajstić information content (AvgIpc) is 2.54. The normalized spacial score (nSPS) is 10.5. The van der Waals surface area contributed by atoms with Crippen LogP contribution in [0.1, 0.15) is 16.1 Å². The van der Waals surface area contributed by atoms with Crippen LogP contribution in [0.4, 0.5) is 0 Å². The molecule has 5 heteroatoms. The van der Waals surface area contributed by atoms with Crippen molar-refractivity contribution in [3.05, 3.63) is 70.1 Å². The van der Waals surface area contributed by atoms with E-state index in [9.17, 15) is 14.7 Å². The quantitative estimate of drug-likeness (QED) is 0.868. The fraction of sp³-hybridized carbons (Fsp3) is 0.294. The molecule has 0 bridgehead atoms. The van der Waals surface area contributed by atoms with E-state index in [1.54, 1.807) is 24.1 Å². The predicted octanol–water partition coefficient (Wildman–Crippen LogP) is 1.06. The summed E-state index contributed by atoms with van der Waals surface area (Å²) in [4.78, 5) is 25.8. The number of benzene rings is 1. The van der Waals surface area contributed by atoms with Gasteiger partial charge in [0, 0.05) is 26.2 Å². The third kappa shape index (κ3) is 3.83. The summed E-state index contributed by atoms with van der Waals surface area (Å²) in [6.07, 6.45) is 0.702. The van der Waals surface area contributed by atoms with Gasteiger partial charge in [0.05, 0.1) is 6.61 Å². The Bertz CT molecular complexity index is 680. The molecule has 0 saturated carbocycles. The van der Waals surface area contributed by atoms with Crippen LogP contribution in [0.3, 0.4) is 0 Å². The van der Waals surface area contributed by atoms with Gasteiger partial charge >= 0.3 is 0 Å². The molecular weight excluding hydrogens is 280 g/mol. The number of carbonyl (C=O) groups excluding carboxylic acids is 1. The third-order valence-corrected chi connectivity index (χ3v) is 3.57. The van der Waals surface area contributed by atoms with Crippen LogP contribution >= 0.6 is 0 Å². The van der Waals surface area contributed by atoms with E-state index >= 15 is 0 Å². The van der Waals surface area contributed by atoms with Crippen LogP contribution in [0, 0.1) is 0 Å². The Labute approximate surface area is 129 Å². The van der Waals surface area contributed by atoms with E-state index in [-0.39, 0.29) is 24.6 Å². The molecule has 22 heavy (non-hydrogen) atoms. The van der Waals surface area contributed by atoms with E-state index in [1.165, 1.54) is 10.6 Å². The molecule has 5 nitrogen and oxygen atoms in total. The Hall–Kier alpha value is -2.40. The summed E-state index contributed by atoms with van der Waals surface area (Å²) in [7, 11) is 1.57. The standard InChI is InChI=1S/C17H20N2O3/c1-18-15(8-5-9-16(18)21)17(22)19(12-13-20)11-10-14-6-3-2-4-7-14/h2-9,20H,10-13H2,1H3. The number of pyridine rings is 1. The highest BCUT2D eigenvalue weighted by Crippen LogP contribution is 2.06. The predicted molar refractivity (Wildman–Crippen MR) is 84.8 cm³/mol. The first-order valence-corrected chi connectivity index (χ1v) is 7.23. The van der Waals surface area contributed by atoms with Crippen molar-refractivity contribution in [2.75, 3.05) is 19.7 Å². The lowest BCUT2D eigenvalue weighted by Gasteiger charge is -2.22. The van der Waals surface area contributed by atoms with Crippen LogP contribution in [-0.2, 0) is 13.5 Å². The average molecular weight is 300 g/mol. The number of aromatic nitrogens is 1. The summed E-state index contributed by atoms with van der Waals surface area (Å²) in [6, 6.07) is 14.5. The minimum atomic E-state index is -0.245. The Kier molecular flexibility index (Phi) is 5.49. The molecule has 0 unspecified atom stereocenters. The molecular formula is C17H20N2O3. The summed E-state index contributed by atoms with van der Waals surface area (Å²) in [5.41, 5.74) is 1.23. The Morgan fingerprint density at radius 1 is 1.09 bits per heavy atom. The molecule has 0 saturated heterocycles. The summed E-state index contributed by atoms with van der Waals surface area (Å²) >= 11 is 0. The smallest absolute Gasteiger partial charge is 0.270 e. The van der Waals surface area contributed by atoms with Crippen LogP contribution in [0.2, 0.25) is 0 Å². The highest BCUT2D eigenvalue weighted by atomic mass is 16.3. The fourth-order valence-corrected chi connectivity index (χ4v) is 2.28. The molecule has 0 atom stereocenters. The molecule has 0 radical (unpaired) electrons. The van der Waals surface area contributed by atoms with Crippen molar-refractivity contribution in [1.29, 1.82) is 0 Å². The molecule has 2 aromatic rings. The Morgan fingerprint density at radius 3 is 2.50 bits per heavy atom. The number of nitrogens with zero attached hydrogens (tertiary/aromatic N) is 2. The van der Waals surface area contributed by atoms with E-state index in [0.29, 0.717) is 18.7 Å². The summed E-state index contributed by atoms with van der Waals surface area (Å²) in [6.45, 7) is 0.628. The van der Waals surface area contributed by atoms with Gasteiger partial charge in [0.1, 0.15) is 5.69 Å². The van der Waals surface area contributed by atoms with Gasteiger partial charge in [-0.1, -0.05) is 36.4 Å². The maximum absolute atomic E-state index is 12.6. The maximum atomic E-state index is 12.6. The van der Waals surface area contributed by atoms with Gasteiger partial charge in [0.25, 0.3) is 11.5 Å². The lowest BCUT2D eigenvalue weighted by atomic mass is 10.1. The zero-order valence-electron chi connectivity index (χ0n) is 12.6. The van der Waals surface area contributed by atoms with Gasteiger partial charge in [-0.15, -0.1) is 0 Å². The zero-order chi connectivity index (χ0) is 15.9. The molecule has 0 aliphatic carbocycles. The molecule has 1 amide bonds. The molecule has 1 N–H and O–H groups in total. The van der Waals surface area contributed by atoms with Gasteiger partial charge in [-0.3, -0.25) is 9.59 Å². The van der Waals surface area contributed by atoms with Crippen molar-refractivity contribution in [3.63, 3.8) is 0 Å². The number of carbonyl (C=O) groups is 1. The molecule has 116 valence electrons. The first-order valence-electron chi connectivity index (χ1n) is 7.23. The maximum Gasteiger partial charge on any atom is 0.270 e. The monoisotopic (exact) mass is 300 g/mol. The fourth-order valence-electron chi connectivity index (χ4n) is 2.28. The second kappa shape index (κ2) is 7.56. The van der Waals surface area contributed by atoms with Crippen LogP contribution in [0.15, 0.2) is 53.3 Å². The first kappa shape index (κ1) is 16.0. The molecule has 0 fully saturated rings. The second-order valence-corrected chi connectivity index (χ2v) is 5.06. The largest absolute Gasteiger partial charge is 0.395 e. The minimum Gasteiger partial charge on any atom is -0.395 e. The van der Waals surface area contributed by atoms with E-state index in [0.717, 1.165) is 5.56 Å². The summed E-state index contributed by atoms with van der Waals surface area (Å²) in [5.74, 6) is -0.245. The highest BCUT2D eigenvalue weighted by Gasteiger charge is 2.17. The second-order valence-electron chi connectivity index (χ2n) is 5.06. The molecule has 0 spiro atoms. The van der Waals surface area contributed by atoms with Crippen molar-refractivity contribution in [2.24, 2.45) is 7.05 Å². The zero-order valence-corrected chi connectivity index (χ0v) is 12.6. The van der Waals surface area contributed by atoms with E-state index < -0.39 is 0 Å². The van der Waals surface area contributed by atoms with Crippen LogP contribution in [0.25, 0.3) is 0 Å². The van der Waals surface area contributed by atoms with Crippen molar-refractivity contribution < 1.29 is 9.90 Å². The van der Waals surface area contributed by atoms with Crippen molar-refractivity contribution >= 4 is 5.91 Å². The van der Waals surface area contributed by atoms with Crippen molar-refractivity contribution in [2.45, 2.75) is 6.42 Å². The lowest BCUT2D eigenvalue weighted by molar-refractivity contribution is 0.0713. The van der Waals surface area contributed by atoms with Crippen molar-refractivity contribution in [1.82, 2.24) is 9.47 Å². The number of aliphatic hydroxyl groups excluding tert-OH is 1.